The molecule has 1 aromatic heterocycles. The van der Waals surface area contributed by atoms with Gasteiger partial charge in [-0.05, 0) is 24.6 Å². The molecule has 2 rings (SSSR count). The number of rotatable bonds is 4. The number of nitrogens with one attached hydrogen (secondary N) is 1. The van der Waals surface area contributed by atoms with Gasteiger partial charge in [-0.3, -0.25) is 0 Å². The first-order valence-corrected chi connectivity index (χ1v) is 7.40. The van der Waals surface area contributed by atoms with Gasteiger partial charge in [0.1, 0.15) is 10.8 Å². The number of nitrogens with zero attached hydrogens (tertiary/aromatic N) is 3. The zero-order valence-corrected chi connectivity index (χ0v) is 13.8. The Morgan fingerprint density at radius 1 is 1.24 bits per heavy atom. The standard InChI is InChI=1S/C13H10Cl4N4/c1-7(9-3-2-8(14)4-10(9)15)21-19-5-11-13(17)20-12(16)6-18-11/h2-7,21H,1H3/b19-5-. The first kappa shape index (κ1) is 16.3. The van der Waals surface area contributed by atoms with Crippen LogP contribution in [0.5, 0.6) is 0 Å². The fourth-order valence-corrected chi connectivity index (χ4v) is 2.51. The Kier molecular flexibility index (Phi) is 5.65. The molecule has 1 heterocycles. The van der Waals surface area contributed by atoms with E-state index < -0.39 is 0 Å². The first-order chi connectivity index (χ1) is 9.97. The van der Waals surface area contributed by atoms with E-state index in [4.69, 9.17) is 46.4 Å². The number of halogens is 4. The van der Waals surface area contributed by atoms with Crippen molar-refractivity contribution in [3.8, 4) is 0 Å². The van der Waals surface area contributed by atoms with Crippen LogP contribution < -0.4 is 5.43 Å². The van der Waals surface area contributed by atoms with Crippen LogP contribution >= 0.6 is 46.4 Å². The first-order valence-electron chi connectivity index (χ1n) is 5.89. The van der Waals surface area contributed by atoms with Crippen molar-refractivity contribution in [2.75, 3.05) is 0 Å². The second kappa shape index (κ2) is 7.27. The molecular weight excluding hydrogens is 354 g/mol. The van der Waals surface area contributed by atoms with Gasteiger partial charge in [-0.15, -0.1) is 0 Å². The number of hydrogen-bond acceptors (Lipinski definition) is 4. The molecule has 21 heavy (non-hydrogen) atoms. The van der Waals surface area contributed by atoms with E-state index in [0.717, 1.165) is 5.56 Å². The van der Waals surface area contributed by atoms with Crippen LogP contribution in [-0.4, -0.2) is 16.2 Å². The molecule has 1 unspecified atom stereocenters. The van der Waals surface area contributed by atoms with E-state index in [2.05, 4.69) is 20.5 Å². The van der Waals surface area contributed by atoms with Crippen LogP contribution in [0.1, 0.15) is 24.2 Å². The molecule has 8 heteroatoms. The average Bonchev–Trinajstić information content (AvgIpc) is 2.41. The molecule has 0 radical (unpaired) electrons. The predicted molar refractivity (Wildman–Crippen MR) is 87.7 cm³/mol. The summed E-state index contributed by atoms with van der Waals surface area (Å²) in [6.45, 7) is 1.92. The quantitative estimate of drug-likeness (QED) is 0.628. The predicted octanol–water partition coefficient (Wildman–Crippen LogP) is 4.77. The Bertz CT molecular complexity index is 675. The lowest BCUT2D eigenvalue weighted by atomic mass is 10.1. The van der Waals surface area contributed by atoms with Gasteiger partial charge < -0.3 is 5.43 Å². The summed E-state index contributed by atoms with van der Waals surface area (Å²) in [7, 11) is 0. The highest BCUT2D eigenvalue weighted by Gasteiger charge is 2.09. The molecule has 0 amide bonds. The summed E-state index contributed by atoms with van der Waals surface area (Å²) in [5.41, 5.74) is 4.23. The fraction of sp³-hybridized carbons (Fsp3) is 0.154. The van der Waals surface area contributed by atoms with Gasteiger partial charge in [0.05, 0.1) is 18.5 Å². The van der Waals surface area contributed by atoms with Gasteiger partial charge in [-0.25, -0.2) is 9.97 Å². The van der Waals surface area contributed by atoms with Crippen LogP contribution in [0.25, 0.3) is 0 Å². The van der Waals surface area contributed by atoms with Gasteiger partial charge >= 0.3 is 0 Å². The van der Waals surface area contributed by atoms with E-state index in [1.54, 1.807) is 12.1 Å². The maximum atomic E-state index is 6.13. The second-order valence-electron chi connectivity index (χ2n) is 4.14. The van der Waals surface area contributed by atoms with Crippen molar-refractivity contribution in [1.82, 2.24) is 15.4 Å². The molecule has 1 N–H and O–H groups in total. The molecule has 0 bridgehead atoms. The fourth-order valence-electron chi connectivity index (χ4n) is 1.58. The molecule has 0 spiro atoms. The maximum absolute atomic E-state index is 6.13. The Morgan fingerprint density at radius 3 is 2.67 bits per heavy atom. The van der Waals surface area contributed by atoms with Crippen molar-refractivity contribution in [2.45, 2.75) is 13.0 Å². The van der Waals surface area contributed by atoms with Crippen LogP contribution in [0.4, 0.5) is 0 Å². The van der Waals surface area contributed by atoms with Gasteiger partial charge in [0, 0.05) is 10.0 Å². The third-order valence-electron chi connectivity index (χ3n) is 2.61. The number of hydrazone groups is 1. The minimum atomic E-state index is -0.106. The Morgan fingerprint density at radius 2 is 2.00 bits per heavy atom. The van der Waals surface area contributed by atoms with E-state index >= 15 is 0 Å². The topological polar surface area (TPSA) is 50.2 Å². The van der Waals surface area contributed by atoms with Crippen LogP contribution in [0.15, 0.2) is 29.5 Å². The monoisotopic (exact) mass is 362 g/mol. The Balaban J connectivity index is 2.06. The van der Waals surface area contributed by atoms with Crippen LogP contribution in [0.2, 0.25) is 20.4 Å². The summed E-state index contributed by atoms with van der Waals surface area (Å²) in [6, 6.07) is 5.19. The molecule has 0 saturated carbocycles. The summed E-state index contributed by atoms with van der Waals surface area (Å²) in [5, 5.41) is 5.65. The summed E-state index contributed by atoms with van der Waals surface area (Å²) < 4.78 is 0. The number of hydrogen-bond donors (Lipinski definition) is 1. The second-order valence-corrected chi connectivity index (χ2v) is 5.73. The van der Waals surface area contributed by atoms with E-state index in [9.17, 15) is 0 Å². The van der Waals surface area contributed by atoms with Crippen molar-refractivity contribution in [2.24, 2.45) is 5.10 Å². The molecule has 4 nitrogen and oxygen atoms in total. The Hall–Kier alpha value is -1.07. The molecule has 0 aliphatic carbocycles. The van der Waals surface area contributed by atoms with E-state index in [-0.39, 0.29) is 16.3 Å². The molecule has 110 valence electrons. The maximum Gasteiger partial charge on any atom is 0.158 e. The molecule has 0 aliphatic rings. The van der Waals surface area contributed by atoms with Crippen LogP contribution in [0, 0.1) is 0 Å². The summed E-state index contributed by atoms with van der Waals surface area (Å²) in [5.74, 6) is 0. The van der Waals surface area contributed by atoms with Gasteiger partial charge in [0.25, 0.3) is 0 Å². The molecule has 0 aliphatic heterocycles. The zero-order valence-electron chi connectivity index (χ0n) is 10.8. The minimum absolute atomic E-state index is 0.106. The average molecular weight is 364 g/mol. The molecule has 0 saturated heterocycles. The van der Waals surface area contributed by atoms with Gasteiger partial charge in [0.2, 0.25) is 0 Å². The highest BCUT2D eigenvalue weighted by Crippen LogP contribution is 2.26. The van der Waals surface area contributed by atoms with Crippen molar-refractivity contribution in [1.29, 1.82) is 0 Å². The van der Waals surface area contributed by atoms with Crippen LogP contribution in [-0.2, 0) is 0 Å². The summed E-state index contributed by atoms with van der Waals surface area (Å²) >= 11 is 23.5. The molecule has 1 aromatic carbocycles. The SMILES string of the molecule is CC(N/N=C\c1ncc(Cl)nc1Cl)c1ccc(Cl)cc1Cl. The van der Waals surface area contributed by atoms with Crippen LogP contribution in [0.3, 0.4) is 0 Å². The highest BCUT2D eigenvalue weighted by molar-refractivity contribution is 6.35. The number of aromatic nitrogens is 2. The Labute approximate surface area is 142 Å². The minimum Gasteiger partial charge on any atom is -0.303 e. The van der Waals surface area contributed by atoms with Gasteiger partial charge in [-0.2, -0.15) is 5.10 Å². The van der Waals surface area contributed by atoms with E-state index in [0.29, 0.717) is 15.7 Å². The third-order valence-corrected chi connectivity index (χ3v) is 3.63. The van der Waals surface area contributed by atoms with Crippen molar-refractivity contribution in [3.05, 3.63) is 56.0 Å². The normalized spacial score (nSPS) is 12.6. The zero-order chi connectivity index (χ0) is 15.4. The van der Waals surface area contributed by atoms with Gasteiger partial charge in [0.15, 0.2) is 5.15 Å². The van der Waals surface area contributed by atoms with E-state index in [1.807, 2.05) is 13.0 Å². The van der Waals surface area contributed by atoms with Gasteiger partial charge in [-0.1, -0.05) is 52.5 Å². The third kappa shape index (κ3) is 4.45. The molecule has 1 atom stereocenters. The molecule has 0 fully saturated rings. The highest BCUT2D eigenvalue weighted by atomic mass is 35.5. The lowest BCUT2D eigenvalue weighted by Gasteiger charge is -2.13. The molecule has 2 aromatic rings. The summed E-state index contributed by atoms with van der Waals surface area (Å²) in [6.07, 6.45) is 2.86. The lowest BCUT2D eigenvalue weighted by Crippen LogP contribution is -2.13. The van der Waals surface area contributed by atoms with Crippen molar-refractivity contribution in [3.63, 3.8) is 0 Å². The van der Waals surface area contributed by atoms with Crippen molar-refractivity contribution < 1.29 is 0 Å². The lowest BCUT2D eigenvalue weighted by molar-refractivity contribution is 0.608. The smallest absolute Gasteiger partial charge is 0.158 e. The van der Waals surface area contributed by atoms with E-state index in [1.165, 1.54) is 12.4 Å². The largest absolute Gasteiger partial charge is 0.303 e. The van der Waals surface area contributed by atoms with Crippen molar-refractivity contribution >= 4 is 52.6 Å². The molecular formula is C13H10Cl4N4. The summed E-state index contributed by atoms with van der Waals surface area (Å²) in [4.78, 5) is 7.88. The number of benzene rings is 1.